The van der Waals surface area contributed by atoms with Gasteiger partial charge in [0.25, 0.3) is 0 Å². The van der Waals surface area contributed by atoms with E-state index in [1.54, 1.807) is 11.1 Å². The summed E-state index contributed by atoms with van der Waals surface area (Å²) in [5.41, 5.74) is 4.72. The Balaban J connectivity index is 1.34. The Morgan fingerprint density at radius 1 is 0.606 bits per heavy atom. The molecular weight excluding hydrogens is 396 g/mol. The highest BCUT2D eigenvalue weighted by Gasteiger charge is 2.22. The molecular formula is C33H54. The van der Waals surface area contributed by atoms with Crippen LogP contribution in [0.2, 0.25) is 0 Å². The second kappa shape index (κ2) is 15.8. The number of hydrogen-bond acceptors (Lipinski definition) is 0. The largest absolute Gasteiger partial charge is 0.0804 e. The molecule has 3 rings (SSSR count). The molecule has 0 N–H and O–H groups in total. The lowest BCUT2D eigenvalue weighted by Gasteiger charge is -2.29. The van der Waals surface area contributed by atoms with Gasteiger partial charge in [-0.2, -0.15) is 0 Å². The molecule has 2 aliphatic rings. The molecule has 186 valence electrons. The third-order valence-electron chi connectivity index (χ3n) is 8.80. The van der Waals surface area contributed by atoms with Crippen molar-refractivity contribution in [1.29, 1.82) is 0 Å². The summed E-state index contributed by atoms with van der Waals surface area (Å²) in [7, 11) is 0. The van der Waals surface area contributed by atoms with Crippen molar-refractivity contribution in [2.45, 2.75) is 148 Å². The maximum atomic E-state index is 2.58. The van der Waals surface area contributed by atoms with E-state index in [-0.39, 0.29) is 0 Å². The summed E-state index contributed by atoms with van der Waals surface area (Å²) >= 11 is 0. The van der Waals surface area contributed by atoms with E-state index >= 15 is 0 Å². The number of rotatable bonds is 15. The lowest BCUT2D eigenvalue weighted by atomic mass is 9.76. The SMILES string of the molecule is CCCCCCCCC1CC=C(c2ccc([C@H]3CC[C@H](CCCCCCC)CC3)cc2)CC1. The molecule has 1 aromatic carbocycles. The summed E-state index contributed by atoms with van der Waals surface area (Å²) in [6.45, 7) is 4.62. The van der Waals surface area contributed by atoms with Gasteiger partial charge in [-0.1, -0.05) is 128 Å². The van der Waals surface area contributed by atoms with Gasteiger partial charge in [-0.3, -0.25) is 0 Å². The van der Waals surface area contributed by atoms with Crippen LogP contribution in [0, 0.1) is 11.8 Å². The van der Waals surface area contributed by atoms with Gasteiger partial charge < -0.3 is 0 Å². The molecule has 0 bridgehead atoms. The van der Waals surface area contributed by atoms with Crippen LogP contribution in [0.1, 0.15) is 159 Å². The van der Waals surface area contributed by atoms with Gasteiger partial charge in [0.1, 0.15) is 0 Å². The molecule has 0 saturated heterocycles. The Hall–Kier alpha value is -1.04. The first kappa shape index (κ1) is 26.6. The zero-order chi connectivity index (χ0) is 23.1. The molecule has 0 amide bonds. The van der Waals surface area contributed by atoms with Gasteiger partial charge in [-0.05, 0) is 79.4 Å². The highest BCUT2D eigenvalue weighted by Crippen LogP contribution is 2.39. The zero-order valence-electron chi connectivity index (χ0n) is 22.3. The van der Waals surface area contributed by atoms with Gasteiger partial charge in [0.15, 0.2) is 0 Å². The number of hydrogen-bond donors (Lipinski definition) is 0. The van der Waals surface area contributed by atoms with Crippen LogP contribution in [0.4, 0.5) is 0 Å². The monoisotopic (exact) mass is 450 g/mol. The van der Waals surface area contributed by atoms with E-state index in [1.807, 2.05) is 0 Å². The second-order valence-electron chi connectivity index (χ2n) is 11.5. The highest BCUT2D eigenvalue weighted by atomic mass is 14.3. The van der Waals surface area contributed by atoms with Gasteiger partial charge in [0.05, 0.1) is 0 Å². The first-order chi connectivity index (χ1) is 16.3. The van der Waals surface area contributed by atoms with Crippen molar-refractivity contribution >= 4 is 5.57 Å². The van der Waals surface area contributed by atoms with Gasteiger partial charge in [-0.15, -0.1) is 0 Å². The van der Waals surface area contributed by atoms with Crippen molar-refractivity contribution in [3.05, 3.63) is 41.5 Å². The smallest absolute Gasteiger partial charge is 0.0162 e. The molecule has 0 nitrogen and oxygen atoms in total. The molecule has 0 spiro atoms. The summed E-state index contributed by atoms with van der Waals surface area (Å²) in [4.78, 5) is 0. The Bertz CT molecular complexity index is 643. The summed E-state index contributed by atoms with van der Waals surface area (Å²) in [6.07, 6.45) is 31.1. The summed E-state index contributed by atoms with van der Waals surface area (Å²) in [6, 6.07) is 9.81. The van der Waals surface area contributed by atoms with Crippen molar-refractivity contribution in [3.8, 4) is 0 Å². The first-order valence-electron chi connectivity index (χ1n) is 15.1. The minimum Gasteiger partial charge on any atom is -0.0804 e. The van der Waals surface area contributed by atoms with E-state index in [0.29, 0.717) is 0 Å². The van der Waals surface area contributed by atoms with Crippen molar-refractivity contribution in [2.24, 2.45) is 11.8 Å². The topological polar surface area (TPSA) is 0 Å². The van der Waals surface area contributed by atoms with Crippen molar-refractivity contribution in [2.75, 3.05) is 0 Å². The molecule has 0 aromatic heterocycles. The average molecular weight is 451 g/mol. The van der Waals surface area contributed by atoms with E-state index in [9.17, 15) is 0 Å². The van der Waals surface area contributed by atoms with Crippen LogP contribution < -0.4 is 0 Å². The van der Waals surface area contributed by atoms with E-state index in [4.69, 9.17) is 0 Å². The Kier molecular flexibility index (Phi) is 12.7. The van der Waals surface area contributed by atoms with Crippen LogP contribution in [0.3, 0.4) is 0 Å². The van der Waals surface area contributed by atoms with Crippen LogP contribution in [0.5, 0.6) is 0 Å². The van der Waals surface area contributed by atoms with Gasteiger partial charge in [0.2, 0.25) is 0 Å². The van der Waals surface area contributed by atoms with Crippen molar-refractivity contribution in [1.82, 2.24) is 0 Å². The molecule has 33 heavy (non-hydrogen) atoms. The fraction of sp³-hybridized carbons (Fsp3) is 0.758. The minimum absolute atomic E-state index is 0.817. The van der Waals surface area contributed by atoms with Crippen LogP contribution >= 0.6 is 0 Å². The second-order valence-corrected chi connectivity index (χ2v) is 11.5. The molecule has 1 atom stereocenters. The number of allylic oxidation sites excluding steroid dienone is 2. The summed E-state index contributed by atoms with van der Waals surface area (Å²) in [5, 5.41) is 0. The predicted molar refractivity (Wildman–Crippen MR) is 148 cm³/mol. The van der Waals surface area contributed by atoms with Crippen LogP contribution in [-0.2, 0) is 0 Å². The first-order valence-corrected chi connectivity index (χ1v) is 15.1. The number of unbranched alkanes of at least 4 members (excludes halogenated alkanes) is 9. The summed E-state index contributed by atoms with van der Waals surface area (Å²) < 4.78 is 0. The van der Waals surface area contributed by atoms with Crippen molar-refractivity contribution < 1.29 is 0 Å². The Labute approximate surface area is 207 Å². The zero-order valence-corrected chi connectivity index (χ0v) is 22.3. The molecule has 2 aliphatic carbocycles. The lowest BCUT2D eigenvalue weighted by Crippen LogP contribution is -2.13. The molecule has 0 heterocycles. The fourth-order valence-electron chi connectivity index (χ4n) is 6.42. The predicted octanol–water partition coefficient (Wildman–Crippen LogP) is 11.3. The van der Waals surface area contributed by atoms with Gasteiger partial charge in [0, 0.05) is 0 Å². The molecule has 0 heteroatoms. The lowest BCUT2D eigenvalue weighted by molar-refractivity contribution is 0.302. The molecule has 1 unspecified atom stereocenters. The minimum atomic E-state index is 0.817. The third-order valence-corrected chi connectivity index (χ3v) is 8.80. The standard InChI is InChI=1S/C33H54/c1-3-5-7-9-11-13-15-29-18-22-31(23-19-29)33-26-24-32(25-27-33)30-20-16-28(17-21-30)14-12-10-8-6-4-2/h22,24-30H,3-21,23H2,1-2H3/t28-,29?,30-. The van der Waals surface area contributed by atoms with Crippen molar-refractivity contribution in [3.63, 3.8) is 0 Å². The van der Waals surface area contributed by atoms with Crippen LogP contribution in [0.15, 0.2) is 30.3 Å². The van der Waals surface area contributed by atoms with Gasteiger partial charge >= 0.3 is 0 Å². The maximum absolute atomic E-state index is 2.58. The molecule has 1 saturated carbocycles. The molecule has 0 radical (unpaired) electrons. The molecule has 1 fully saturated rings. The highest BCUT2D eigenvalue weighted by molar-refractivity contribution is 5.66. The van der Waals surface area contributed by atoms with E-state index in [1.165, 1.54) is 134 Å². The normalized spacial score (nSPS) is 23.5. The fourth-order valence-corrected chi connectivity index (χ4v) is 6.42. The average Bonchev–Trinajstić information content (AvgIpc) is 2.87. The quantitative estimate of drug-likeness (QED) is 0.233. The molecule has 1 aromatic rings. The van der Waals surface area contributed by atoms with Gasteiger partial charge in [-0.25, -0.2) is 0 Å². The van der Waals surface area contributed by atoms with E-state index in [0.717, 1.165) is 17.8 Å². The maximum Gasteiger partial charge on any atom is -0.0162 e. The van der Waals surface area contributed by atoms with E-state index < -0.39 is 0 Å². The summed E-state index contributed by atoms with van der Waals surface area (Å²) in [5.74, 6) is 2.78. The van der Waals surface area contributed by atoms with Crippen LogP contribution in [0.25, 0.3) is 5.57 Å². The van der Waals surface area contributed by atoms with E-state index in [2.05, 4.69) is 44.2 Å². The number of benzene rings is 1. The molecule has 0 aliphatic heterocycles. The Morgan fingerprint density at radius 2 is 1.18 bits per heavy atom. The Morgan fingerprint density at radius 3 is 1.76 bits per heavy atom. The van der Waals surface area contributed by atoms with Crippen LogP contribution in [-0.4, -0.2) is 0 Å². The third kappa shape index (κ3) is 9.62.